The molecule has 3 rings (SSSR count). The summed E-state index contributed by atoms with van der Waals surface area (Å²) >= 11 is 6.01. The Bertz CT molecular complexity index is 703. The molecular weight excluding hydrogens is 356 g/mol. The number of benzene rings is 1. The average molecular weight is 379 g/mol. The molecule has 6 nitrogen and oxygen atoms in total. The van der Waals surface area contributed by atoms with Crippen LogP contribution in [0.25, 0.3) is 0 Å². The first-order chi connectivity index (χ1) is 12.5. The van der Waals surface area contributed by atoms with Crippen molar-refractivity contribution in [3.8, 4) is 0 Å². The molecule has 1 N–H and O–H groups in total. The van der Waals surface area contributed by atoms with E-state index in [4.69, 9.17) is 16.3 Å². The van der Waals surface area contributed by atoms with Gasteiger partial charge in [-0.05, 0) is 31.9 Å². The number of amides is 2. The van der Waals surface area contributed by atoms with Crippen LogP contribution in [0.5, 0.6) is 0 Å². The number of ether oxygens (including phenoxy) is 1. The maximum Gasteiger partial charge on any atom is 0.312 e. The van der Waals surface area contributed by atoms with Gasteiger partial charge in [0.25, 0.3) is 5.91 Å². The fraction of sp³-hybridized carbons (Fsp3) is 0.526. The van der Waals surface area contributed by atoms with Gasteiger partial charge in [0.2, 0.25) is 5.91 Å². The van der Waals surface area contributed by atoms with Gasteiger partial charge in [-0.2, -0.15) is 0 Å². The Morgan fingerprint density at radius 1 is 1.27 bits per heavy atom. The van der Waals surface area contributed by atoms with E-state index in [1.807, 2.05) is 4.90 Å². The van der Waals surface area contributed by atoms with Crippen molar-refractivity contribution < 1.29 is 19.1 Å². The normalized spacial score (nSPS) is 21.7. The monoisotopic (exact) mass is 378 g/mol. The van der Waals surface area contributed by atoms with Gasteiger partial charge in [-0.1, -0.05) is 36.6 Å². The Hall–Kier alpha value is -2.08. The Morgan fingerprint density at radius 2 is 1.96 bits per heavy atom. The maximum absolute atomic E-state index is 12.4. The molecule has 2 fully saturated rings. The summed E-state index contributed by atoms with van der Waals surface area (Å²) in [4.78, 5) is 38.6. The molecule has 1 saturated heterocycles. The molecule has 1 aromatic carbocycles. The molecule has 0 aromatic heterocycles. The molecule has 26 heavy (non-hydrogen) atoms. The number of nitrogens with one attached hydrogen (secondary N) is 1. The number of para-hydroxylation sites is 1. The van der Waals surface area contributed by atoms with Crippen LogP contribution in [0.3, 0.4) is 0 Å². The zero-order valence-corrected chi connectivity index (χ0v) is 15.5. The van der Waals surface area contributed by atoms with Gasteiger partial charge in [-0.3, -0.25) is 14.4 Å². The average Bonchev–Trinajstić information content (AvgIpc) is 3.26. The molecule has 1 aromatic rings. The van der Waals surface area contributed by atoms with Gasteiger partial charge in [0.15, 0.2) is 6.10 Å². The number of esters is 1. The summed E-state index contributed by atoms with van der Waals surface area (Å²) in [6.07, 6.45) is 3.46. The third-order valence-corrected chi connectivity index (χ3v) is 5.38. The predicted molar refractivity (Wildman–Crippen MR) is 97.7 cm³/mol. The number of hydrogen-bond donors (Lipinski definition) is 1. The SMILES string of the molecule is C[C@@H](OC(=O)[C@H]1CC(=O)N(C2CCCC2)C1)C(=O)Nc1ccccc1Cl. The van der Waals surface area contributed by atoms with Crippen molar-refractivity contribution in [2.45, 2.75) is 51.2 Å². The summed E-state index contributed by atoms with van der Waals surface area (Å²) in [7, 11) is 0. The van der Waals surface area contributed by atoms with E-state index in [0.717, 1.165) is 25.7 Å². The minimum atomic E-state index is -0.964. The van der Waals surface area contributed by atoms with Crippen molar-refractivity contribution in [1.82, 2.24) is 4.90 Å². The fourth-order valence-electron chi connectivity index (χ4n) is 3.58. The van der Waals surface area contributed by atoms with E-state index in [0.29, 0.717) is 17.3 Å². The van der Waals surface area contributed by atoms with Crippen LogP contribution in [0.15, 0.2) is 24.3 Å². The zero-order valence-electron chi connectivity index (χ0n) is 14.7. The summed E-state index contributed by atoms with van der Waals surface area (Å²) in [5, 5.41) is 3.05. The van der Waals surface area contributed by atoms with Crippen LogP contribution in [0.2, 0.25) is 5.02 Å². The highest BCUT2D eigenvalue weighted by atomic mass is 35.5. The van der Waals surface area contributed by atoms with Crippen LogP contribution >= 0.6 is 11.6 Å². The molecule has 1 aliphatic carbocycles. The van der Waals surface area contributed by atoms with Gasteiger partial charge in [0, 0.05) is 19.0 Å². The Morgan fingerprint density at radius 3 is 2.65 bits per heavy atom. The minimum absolute atomic E-state index is 0.00650. The first-order valence-corrected chi connectivity index (χ1v) is 9.39. The van der Waals surface area contributed by atoms with E-state index in [-0.39, 0.29) is 18.4 Å². The van der Waals surface area contributed by atoms with Crippen LogP contribution in [-0.2, 0) is 19.1 Å². The molecule has 1 aliphatic heterocycles. The summed E-state index contributed by atoms with van der Waals surface area (Å²) < 4.78 is 5.29. The van der Waals surface area contributed by atoms with E-state index in [2.05, 4.69) is 5.32 Å². The summed E-state index contributed by atoms with van der Waals surface area (Å²) in [6.45, 7) is 1.90. The molecule has 0 bridgehead atoms. The lowest BCUT2D eigenvalue weighted by Gasteiger charge is -2.24. The van der Waals surface area contributed by atoms with E-state index in [9.17, 15) is 14.4 Å². The number of rotatable bonds is 5. The number of likely N-dealkylation sites (tertiary alicyclic amines) is 1. The summed E-state index contributed by atoms with van der Waals surface area (Å²) in [5.41, 5.74) is 0.463. The lowest BCUT2D eigenvalue weighted by atomic mass is 10.1. The van der Waals surface area contributed by atoms with Crippen molar-refractivity contribution in [3.05, 3.63) is 29.3 Å². The van der Waals surface area contributed by atoms with E-state index < -0.39 is 23.9 Å². The van der Waals surface area contributed by atoms with Gasteiger partial charge in [0.05, 0.1) is 16.6 Å². The van der Waals surface area contributed by atoms with Gasteiger partial charge in [-0.25, -0.2) is 0 Å². The van der Waals surface area contributed by atoms with Crippen LogP contribution in [0.4, 0.5) is 5.69 Å². The maximum atomic E-state index is 12.4. The number of carbonyl (C=O) groups excluding carboxylic acids is 3. The molecule has 1 heterocycles. The second kappa shape index (κ2) is 8.08. The molecule has 2 atom stereocenters. The standard InChI is InChI=1S/C19H23ClN2O4/c1-12(18(24)21-16-9-5-4-8-15(16)20)26-19(25)13-10-17(23)22(11-13)14-6-2-3-7-14/h4-5,8-9,12-14H,2-3,6-7,10-11H2,1H3,(H,21,24)/t12-,13+/m1/s1. The number of anilines is 1. The fourth-order valence-corrected chi connectivity index (χ4v) is 3.76. The predicted octanol–water partition coefficient (Wildman–Crippen LogP) is 3.00. The van der Waals surface area contributed by atoms with E-state index in [1.165, 1.54) is 6.92 Å². The van der Waals surface area contributed by atoms with Gasteiger partial charge in [0.1, 0.15) is 0 Å². The minimum Gasteiger partial charge on any atom is -0.452 e. The number of carbonyl (C=O) groups is 3. The number of hydrogen-bond acceptors (Lipinski definition) is 4. The molecule has 140 valence electrons. The van der Waals surface area contributed by atoms with Crippen molar-refractivity contribution in [2.24, 2.45) is 5.92 Å². The molecular formula is C19H23ClN2O4. The quantitative estimate of drug-likeness (QED) is 0.799. The second-order valence-electron chi connectivity index (χ2n) is 6.93. The highest BCUT2D eigenvalue weighted by molar-refractivity contribution is 6.33. The van der Waals surface area contributed by atoms with Crippen molar-refractivity contribution in [1.29, 1.82) is 0 Å². The van der Waals surface area contributed by atoms with Gasteiger partial charge >= 0.3 is 5.97 Å². The first-order valence-electron chi connectivity index (χ1n) is 9.01. The van der Waals surface area contributed by atoms with E-state index >= 15 is 0 Å². The van der Waals surface area contributed by atoms with Crippen molar-refractivity contribution >= 4 is 35.1 Å². The molecule has 2 aliphatic rings. The molecule has 1 saturated carbocycles. The highest BCUT2D eigenvalue weighted by Crippen LogP contribution is 2.30. The molecule has 7 heteroatoms. The Labute approximate surface area is 157 Å². The summed E-state index contributed by atoms with van der Waals surface area (Å²) in [5.74, 6) is -1.45. The highest BCUT2D eigenvalue weighted by Gasteiger charge is 2.40. The van der Waals surface area contributed by atoms with Crippen LogP contribution < -0.4 is 5.32 Å². The lowest BCUT2D eigenvalue weighted by Crippen LogP contribution is -2.36. The number of nitrogens with zero attached hydrogens (tertiary/aromatic N) is 1. The molecule has 0 unspecified atom stereocenters. The number of halogens is 1. The zero-order chi connectivity index (χ0) is 18.7. The Balaban J connectivity index is 1.53. The molecule has 0 radical (unpaired) electrons. The smallest absolute Gasteiger partial charge is 0.312 e. The third kappa shape index (κ3) is 4.18. The Kier molecular flexibility index (Phi) is 5.81. The topological polar surface area (TPSA) is 75.7 Å². The second-order valence-corrected chi connectivity index (χ2v) is 7.34. The summed E-state index contributed by atoms with van der Waals surface area (Å²) in [6, 6.07) is 7.09. The van der Waals surface area contributed by atoms with Gasteiger partial charge < -0.3 is 15.0 Å². The first kappa shape index (κ1) is 18.7. The van der Waals surface area contributed by atoms with Crippen LogP contribution in [0, 0.1) is 5.92 Å². The lowest BCUT2D eigenvalue weighted by molar-refractivity contribution is -0.157. The van der Waals surface area contributed by atoms with Crippen LogP contribution in [0.1, 0.15) is 39.0 Å². The van der Waals surface area contributed by atoms with Crippen molar-refractivity contribution in [2.75, 3.05) is 11.9 Å². The third-order valence-electron chi connectivity index (χ3n) is 5.05. The largest absolute Gasteiger partial charge is 0.452 e. The van der Waals surface area contributed by atoms with Crippen LogP contribution in [-0.4, -0.2) is 41.4 Å². The van der Waals surface area contributed by atoms with Crippen molar-refractivity contribution in [3.63, 3.8) is 0 Å². The molecule has 2 amide bonds. The van der Waals surface area contributed by atoms with E-state index in [1.54, 1.807) is 24.3 Å². The molecule has 0 spiro atoms. The van der Waals surface area contributed by atoms with Gasteiger partial charge in [-0.15, -0.1) is 0 Å².